The van der Waals surface area contributed by atoms with Gasteiger partial charge in [0, 0.05) is 33.4 Å². The molecule has 0 heterocycles. The van der Waals surface area contributed by atoms with E-state index in [9.17, 15) is 9.59 Å². The van der Waals surface area contributed by atoms with Crippen molar-refractivity contribution in [2.24, 2.45) is 0 Å². The van der Waals surface area contributed by atoms with Crippen molar-refractivity contribution >= 4 is 46.8 Å². The monoisotopic (exact) mass is 480 g/mol. The van der Waals surface area contributed by atoms with Gasteiger partial charge in [-0.2, -0.15) is 0 Å². The van der Waals surface area contributed by atoms with Crippen molar-refractivity contribution in [1.29, 1.82) is 0 Å². The molecule has 0 aromatic heterocycles. The van der Waals surface area contributed by atoms with E-state index in [0.29, 0.717) is 15.6 Å². The highest BCUT2D eigenvalue weighted by molar-refractivity contribution is 7.99. The van der Waals surface area contributed by atoms with E-state index in [0.717, 1.165) is 11.3 Å². The van der Waals surface area contributed by atoms with Crippen molar-refractivity contribution in [1.82, 2.24) is 10.2 Å². The molecule has 1 N–H and O–H groups in total. The van der Waals surface area contributed by atoms with Crippen molar-refractivity contribution in [3.63, 3.8) is 0 Å². The molecule has 0 spiro atoms. The number of benzene rings is 2. The molecule has 0 aliphatic heterocycles. The van der Waals surface area contributed by atoms with Crippen LogP contribution in [-0.2, 0) is 21.9 Å². The average molecular weight is 481 g/mol. The minimum atomic E-state index is -0.668. The molecule has 7 heteroatoms. The molecule has 1 atom stereocenters. The van der Waals surface area contributed by atoms with Crippen LogP contribution >= 0.6 is 35.0 Å². The average Bonchev–Trinajstić information content (AvgIpc) is 2.66. The lowest BCUT2D eigenvalue weighted by atomic mass is 10.1. The number of rotatable bonds is 8. The van der Waals surface area contributed by atoms with Gasteiger partial charge in [-0.25, -0.2) is 0 Å². The molecule has 168 valence electrons. The Morgan fingerprint density at radius 3 is 2.29 bits per heavy atom. The van der Waals surface area contributed by atoms with Crippen molar-refractivity contribution in [2.75, 3.05) is 5.75 Å². The third-order valence-electron chi connectivity index (χ3n) is 4.63. The summed E-state index contributed by atoms with van der Waals surface area (Å²) in [5.74, 6) is 0.623. The first kappa shape index (κ1) is 25.6. The van der Waals surface area contributed by atoms with E-state index in [4.69, 9.17) is 23.2 Å². The Bertz CT molecular complexity index is 908. The predicted molar refractivity (Wildman–Crippen MR) is 132 cm³/mol. The van der Waals surface area contributed by atoms with E-state index in [1.54, 1.807) is 30.0 Å². The Morgan fingerprint density at radius 1 is 1.10 bits per heavy atom. The van der Waals surface area contributed by atoms with Gasteiger partial charge in [-0.05, 0) is 52.3 Å². The summed E-state index contributed by atoms with van der Waals surface area (Å²) >= 11 is 14.2. The molecule has 0 aliphatic rings. The van der Waals surface area contributed by atoms with Gasteiger partial charge in [0.2, 0.25) is 11.8 Å². The fraction of sp³-hybridized carbons (Fsp3) is 0.417. The van der Waals surface area contributed by atoms with Crippen LogP contribution < -0.4 is 5.32 Å². The maximum Gasteiger partial charge on any atom is 0.242 e. The van der Waals surface area contributed by atoms with E-state index in [1.165, 1.54) is 17.3 Å². The maximum absolute atomic E-state index is 13.2. The van der Waals surface area contributed by atoms with E-state index >= 15 is 0 Å². The normalized spacial score (nSPS) is 12.4. The standard InChI is InChI=1S/C24H30Cl2N2O2S/c1-16-8-6-9-18(12-16)14-31-15-22(29)28(17(2)23(30)27-24(3,4)5)13-19-20(25)10-7-11-21(19)26/h6-12,17H,13-15H2,1-5H3,(H,27,30). The summed E-state index contributed by atoms with van der Waals surface area (Å²) < 4.78 is 0. The SMILES string of the molecule is Cc1cccc(CSCC(=O)N(Cc2c(Cl)cccc2Cl)C(C)C(=O)NC(C)(C)C)c1. The van der Waals surface area contributed by atoms with Crippen LogP contribution in [0, 0.1) is 6.92 Å². The zero-order valence-electron chi connectivity index (χ0n) is 18.7. The summed E-state index contributed by atoms with van der Waals surface area (Å²) in [6.45, 7) is 9.67. The van der Waals surface area contributed by atoms with Gasteiger partial charge in [0.25, 0.3) is 0 Å². The van der Waals surface area contributed by atoms with Crippen LogP contribution in [0.3, 0.4) is 0 Å². The van der Waals surface area contributed by atoms with Crippen LogP contribution in [0.2, 0.25) is 10.0 Å². The molecule has 31 heavy (non-hydrogen) atoms. The van der Waals surface area contributed by atoms with Crippen LogP contribution in [0.25, 0.3) is 0 Å². The Kier molecular flexibility index (Phi) is 9.28. The lowest BCUT2D eigenvalue weighted by molar-refractivity contribution is -0.139. The first-order valence-electron chi connectivity index (χ1n) is 10.2. The second kappa shape index (κ2) is 11.3. The molecule has 0 fully saturated rings. The van der Waals surface area contributed by atoms with E-state index in [2.05, 4.69) is 11.4 Å². The molecule has 0 saturated heterocycles. The predicted octanol–water partition coefficient (Wildman–Crippen LogP) is 5.87. The highest BCUT2D eigenvalue weighted by atomic mass is 35.5. The quantitative estimate of drug-likeness (QED) is 0.513. The fourth-order valence-corrected chi connectivity index (χ4v) is 4.43. The highest BCUT2D eigenvalue weighted by Crippen LogP contribution is 2.27. The zero-order chi connectivity index (χ0) is 23.2. The smallest absolute Gasteiger partial charge is 0.242 e. The Morgan fingerprint density at radius 2 is 1.71 bits per heavy atom. The Balaban J connectivity index is 2.17. The second-order valence-electron chi connectivity index (χ2n) is 8.62. The van der Waals surface area contributed by atoms with Crippen LogP contribution in [0.5, 0.6) is 0 Å². The minimum Gasteiger partial charge on any atom is -0.350 e. The van der Waals surface area contributed by atoms with Crippen LogP contribution in [0.1, 0.15) is 44.4 Å². The fourth-order valence-electron chi connectivity index (χ4n) is 3.05. The number of aryl methyl sites for hydroxylation is 1. The van der Waals surface area contributed by atoms with Crippen LogP contribution in [0.15, 0.2) is 42.5 Å². The first-order valence-corrected chi connectivity index (χ1v) is 12.1. The van der Waals surface area contributed by atoms with Gasteiger partial charge in [0.1, 0.15) is 6.04 Å². The molecule has 2 aromatic rings. The third kappa shape index (κ3) is 8.06. The Hall–Kier alpha value is -1.69. The molecule has 2 amide bonds. The molecule has 0 bridgehead atoms. The molecule has 0 radical (unpaired) electrons. The first-order chi connectivity index (χ1) is 14.5. The van der Waals surface area contributed by atoms with Gasteiger partial charge in [0.15, 0.2) is 0 Å². The molecule has 0 aliphatic carbocycles. The number of halogens is 2. The largest absolute Gasteiger partial charge is 0.350 e. The van der Waals surface area contributed by atoms with Crippen LogP contribution in [-0.4, -0.2) is 34.0 Å². The number of nitrogens with one attached hydrogen (secondary N) is 1. The lowest BCUT2D eigenvalue weighted by Gasteiger charge is -2.32. The Labute approximate surface area is 199 Å². The van der Waals surface area contributed by atoms with Gasteiger partial charge in [0.05, 0.1) is 5.75 Å². The summed E-state index contributed by atoms with van der Waals surface area (Å²) in [4.78, 5) is 27.6. The summed E-state index contributed by atoms with van der Waals surface area (Å²) in [6, 6.07) is 12.8. The third-order valence-corrected chi connectivity index (χ3v) is 6.33. The molecule has 0 saturated carbocycles. The number of carbonyl (C=O) groups excluding carboxylic acids is 2. The summed E-state index contributed by atoms with van der Waals surface area (Å²) in [5, 5.41) is 3.90. The molecule has 2 rings (SSSR count). The summed E-state index contributed by atoms with van der Waals surface area (Å²) in [7, 11) is 0. The van der Waals surface area contributed by atoms with Gasteiger partial charge >= 0.3 is 0 Å². The number of hydrogen-bond acceptors (Lipinski definition) is 3. The molecular weight excluding hydrogens is 451 g/mol. The van der Waals surface area contributed by atoms with Crippen molar-refractivity contribution < 1.29 is 9.59 Å². The minimum absolute atomic E-state index is 0.134. The lowest BCUT2D eigenvalue weighted by Crippen LogP contribution is -2.52. The zero-order valence-corrected chi connectivity index (χ0v) is 21.0. The van der Waals surface area contributed by atoms with Crippen molar-refractivity contribution in [2.45, 2.75) is 58.5 Å². The molecule has 2 aromatic carbocycles. The topological polar surface area (TPSA) is 49.4 Å². The number of hydrogen-bond donors (Lipinski definition) is 1. The second-order valence-corrected chi connectivity index (χ2v) is 10.4. The van der Waals surface area contributed by atoms with Gasteiger partial charge < -0.3 is 10.2 Å². The summed E-state index contributed by atoms with van der Waals surface area (Å²) in [6.07, 6.45) is 0. The number of nitrogens with zero attached hydrogens (tertiary/aromatic N) is 1. The van der Waals surface area contributed by atoms with Crippen molar-refractivity contribution in [3.8, 4) is 0 Å². The van der Waals surface area contributed by atoms with Crippen molar-refractivity contribution in [3.05, 3.63) is 69.2 Å². The van der Waals surface area contributed by atoms with E-state index in [-0.39, 0.29) is 24.1 Å². The number of carbonyl (C=O) groups is 2. The van der Waals surface area contributed by atoms with Gasteiger partial charge in [-0.15, -0.1) is 11.8 Å². The van der Waals surface area contributed by atoms with Gasteiger partial charge in [-0.3, -0.25) is 9.59 Å². The number of thioether (sulfide) groups is 1. The number of amides is 2. The highest BCUT2D eigenvalue weighted by Gasteiger charge is 2.29. The van der Waals surface area contributed by atoms with E-state index < -0.39 is 11.6 Å². The van der Waals surface area contributed by atoms with E-state index in [1.807, 2.05) is 45.9 Å². The maximum atomic E-state index is 13.2. The summed E-state index contributed by atoms with van der Waals surface area (Å²) in [5.41, 5.74) is 2.59. The van der Waals surface area contributed by atoms with Gasteiger partial charge in [-0.1, -0.05) is 59.1 Å². The molecular formula is C24H30Cl2N2O2S. The molecule has 1 unspecified atom stereocenters. The van der Waals surface area contributed by atoms with Crippen LogP contribution in [0.4, 0.5) is 0 Å². The molecule has 4 nitrogen and oxygen atoms in total.